The van der Waals surface area contributed by atoms with Crippen LogP contribution in [0.4, 0.5) is 4.39 Å². The fraction of sp³-hybridized carbons (Fsp3) is 0.182. The van der Waals surface area contributed by atoms with Crippen molar-refractivity contribution in [3.05, 3.63) is 46.2 Å². The number of thiazole rings is 1. The Morgan fingerprint density at radius 3 is 2.94 bits per heavy atom. The van der Waals surface area contributed by atoms with Gasteiger partial charge in [0.25, 0.3) is 0 Å². The van der Waals surface area contributed by atoms with Gasteiger partial charge in [0.15, 0.2) is 11.6 Å². The SMILES string of the molecule is Fc1cc(CBr)ccc1OCc1nccs1. The van der Waals surface area contributed by atoms with Crippen LogP contribution >= 0.6 is 27.3 Å². The first-order chi connectivity index (χ1) is 7.79. The minimum atomic E-state index is -0.339. The van der Waals surface area contributed by atoms with E-state index in [1.807, 2.05) is 11.4 Å². The molecule has 0 unspecified atom stereocenters. The highest BCUT2D eigenvalue weighted by Crippen LogP contribution is 2.21. The van der Waals surface area contributed by atoms with Gasteiger partial charge < -0.3 is 4.74 Å². The Bertz CT molecular complexity index is 461. The molecule has 5 heteroatoms. The highest BCUT2D eigenvalue weighted by atomic mass is 79.9. The molecule has 0 saturated carbocycles. The topological polar surface area (TPSA) is 22.1 Å². The van der Waals surface area contributed by atoms with E-state index >= 15 is 0 Å². The first kappa shape index (κ1) is 11.5. The van der Waals surface area contributed by atoms with E-state index in [0.717, 1.165) is 10.6 Å². The molecule has 0 amide bonds. The molecular formula is C11H9BrFNOS. The largest absolute Gasteiger partial charge is 0.483 e. The van der Waals surface area contributed by atoms with Gasteiger partial charge in [-0.05, 0) is 17.7 Å². The van der Waals surface area contributed by atoms with Gasteiger partial charge in [0, 0.05) is 16.9 Å². The van der Waals surface area contributed by atoms with Gasteiger partial charge in [-0.15, -0.1) is 11.3 Å². The highest BCUT2D eigenvalue weighted by molar-refractivity contribution is 9.08. The van der Waals surface area contributed by atoms with Crippen molar-refractivity contribution in [2.75, 3.05) is 0 Å². The van der Waals surface area contributed by atoms with Crippen molar-refractivity contribution < 1.29 is 9.13 Å². The summed E-state index contributed by atoms with van der Waals surface area (Å²) in [6.45, 7) is 0.308. The zero-order valence-corrected chi connectivity index (χ0v) is 10.7. The second-order valence-electron chi connectivity index (χ2n) is 3.11. The maximum Gasteiger partial charge on any atom is 0.165 e. The molecule has 2 aromatic rings. The maximum atomic E-state index is 13.5. The first-order valence-electron chi connectivity index (χ1n) is 4.65. The third-order valence-corrected chi connectivity index (χ3v) is 3.39. The van der Waals surface area contributed by atoms with Crippen LogP contribution in [0.1, 0.15) is 10.6 Å². The van der Waals surface area contributed by atoms with E-state index in [0.29, 0.717) is 11.9 Å². The predicted molar refractivity (Wildman–Crippen MR) is 65.5 cm³/mol. The van der Waals surface area contributed by atoms with Gasteiger partial charge in [-0.25, -0.2) is 9.37 Å². The highest BCUT2D eigenvalue weighted by Gasteiger charge is 2.05. The zero-order valence-electron chi connectivity index (χ0n) is 8.32. The molecule has 0 radical (unpaired) electrons. The van der Waals surface area contributed by atoms with Crippen molar-refractivity contribution in [2.45, 2.75) is 11.9 Å². The van der Waals surface area contributed by atoms with Crippen LogP contribution < -0.4 is 4.74 Å². The molecule has 84 valence electrons. The Kier molecular flexibility index (Phi) is 3.90. The Morgan fingerprint density at radius 1 is 1.44 bits per heavy atom. The van der Waals surface area contributed by atoms with Crippen LogP contribution in [-0.2, 0) is 11.9 Å². The number of alkyl halides is 1. The van der Waals surface area contributed by atoms with Gasteiger partial charge in [0.1, 0.15) is 11.6 Å². The summed E-state index contributed by atoms with van der Waals surface area (Å²) in [5.74, 6) is -0.0755. The lowest BCUT2D eigenvalue weighted by molar-refractivity contribution is 0.289. The second-order valence-corrected chi connectivity index (χ2v) is 4.65. The van der Waals surface area contributed by atoms with E-state index in [1.54, 1.807) is 12.3 Å². The summed E-state index contributed by atoms with van der Waals surface area (Å²) in [5.41, 5.74) is 0.888. The van der Waals surface area contributed by atoms with Crippen LogP contribution in [-0.4, -0.2) is 4.98 Å². The van der Waals surface area contributed by atoms with Crippen LogP contribution in [0.2, 0.25) is 0 Å². The molecule has 1 heterocycles. The molecule has 0 spiro atoms. The number of hydrogen-bond acceptors (Lipinski definition) is 3. The van der Waals surface area contributed by atoms with E-state index in [-0.39, 0.29) is 11.6 Å². The average molecular weight is 302 g/mol. The van der Waals surface area contributed by atoms with E-state index in [1.165, 1.54) is 17.4 Å². The predicted octanol–water partition coefficient (Wildman–Crippen LogP) is 3.76. The van der Waals surface area contributed by atoms with Crippen molar-refractivity contribution in [3.8, 4) is 5.75 Å². The van der Waals surface area contributed by atoms with Gasteiger partial charge >= 0.3 is 0 Å². The van der Waals surface area contributed by atoms with Gasteiger partial charge in [0.2, 0.25) is 0 Å². The summed E-state index contributed by atoms with van der Waals surface area (Å²) in [7, 11) is 0. The third-order valence-electron chi connectivity index (χ3n) is 1.99. The first-order valence-corrected chi connectivity index (χ1v) is 6.65. The second kappa shape index (κ2) is 5.41. The van der Waals surface area contributed by atoms with Crippen LogP contribution in [0.15, 0.2) is 29.8 Å². The summed E-state index contributed by atoms with van der Waals surface area (Å²) in [6, 6.07) is 4.93. The minimum absolute atomic E-state index is 0.264. The molecule has 0 N–H and O–H groups in total. The van der Waals surface area contributed by atoms with Crippen molar-refractivity contribution in [3.63, 3.8) is 0 Å². The van der Waals surface area contributed by atoms with Crippen LogP contribution in [0.25, 0.3) is 0 Å². The van der Waals surface area contributed by atoms with Crippen LogP contribution in [0.3, 0.4) is 0 Å². The molecule has 16 heavy (non-hydrogen) atoms. The number of hydrogen-bond donors (Lipinski definition) is 0. The van der Waals surface area contributed by atoms with Gasteiger partial charge in [-0.3, -0.25) is 0 Å². The molecule has 2 rings (SSSR count). The fourth-order valence-electron chi connectivity index (χ4n) is 1.21. The van der Waals surface area contributed by atoms with Gasteiger partial charge in [-0.1, -0.05) is 22.0 Å². The van der Waals surface area contributed by atoms with Gasteiger partial charge in [0.05, 0.1) is 0 Å². The molecule has 2 nitrogen and oxygen atoms in total. The molecule has 1 aromatic heterocycles. The smallest absolute Gasteiger partial charge is 0.165 e. The van der Waals surface area contributed by atoms with Crippen molar-refractivity contribution in [1.29, 1.82) is 0 Å². The summed E-state index contributed by atoms with van der Waals surface area (Å²) in [6.07, 6.45) is 1.70. The maximum absolute atomic E-state index is 13.5. The lowest BCUT2D eigenvalue weighted by atomic mass is 10.2. The lowest BCUT2D eigenvalue weighted by Gasteiger charge is -2.06. The Morgan fingerprint density at radius 2 is 2.31 bits per heavy atom. The lowest BCUT2D eigenvalue weighted by Crippen LogP contribution is -1.97. The molecule has 0 saturated heterocycles. The van der Waals surface area contributed by atoms with Gasteiger partial charge in [-0.2, -0.15) is 0 Å². The fourth-order valence-corrected chi connectivity index (χ4v) is 2.08. The third kappa shape index (κ3) is 2.80. The van der Waals surface area contributed by atoms with E-state index in [9.17, 15) is 4.39 Å². The Hall–Kier alpha value is -0.940. The Balaban J connectivity index is 2.04. The molecule has 0 aliphatic carbocycles. The van der Waals surface area contributed by atoms with E-state index in [4.69, 9.17) is 4.74 Å². The quantitative estimate of drug-likeness (QED) is 0.802. The van der Waals surface area contributed by atoms with E-state index < -0.39 is 0 Å². The number of rotatable bonds is 4. The van der Waals surface area contributed by atoms with Crippen LogP contribution in [0, 0.1) is 5.82 Å². The average Bonchev–Trinajstić information content (AvgIpc) is 2.80. The molecule has 0 aliphatic heterocycles. The molecule has 0 bridgehead atoms. The van der Waals surface area contributed by atoms with Crippen LogP contribution in [0.5, 0.6) is 5.75 Å². The number of halogens is 2. The number of aromatic nitrogens is 1. The monoisotopic (exact) mass is 301 g/mol. The number of nitrogens with zero attached hydrogens (tertiary/aromatic N) is 1. The van der Waals surface area contributed by atoms with E-state index in [2.05, 4.69) is 20.9 Å². The van der Waals surface area contributed by atoms with Crippen molar-refractivity contribution in [1.82, 2.24) is 4.98 Å². The zero-order chi connectivity index (χ0) is 11.4. The summed E-state index contributed by atoms with van der Waals surface area (Å²) >= 11 is 4.76. The van der Waals surface area contributed by atoms with Crippen molar-refractivity contribution >= 4 is 27.3 Å². The summed E-state index contributed by atoms with van der Waals surface area (Å²) in [5, 5.41) is 3.34. The summed E-state index contributed by atoms with van der Waals surface area (Å²) in [4.78, 5) is 4.06. The molecule has 1 aromatic carbocycles. The minimum Gasteiger partial charge on any atom is -0.483 e. The standard InChI is InChI=1S/C11H9BrFNOS/c12-6-8-1-2-10(9(13)5-8)15-7-11-14-3-4-16-11/h1-5H,6-7H2. The number of ether oxygens (including phenoxy) is 1. The number of benzene rings is 1. The van der Waals surface area contributed by atoms with Crippen molar-refractivity contribution in [2.24, 2.45) is 0 Å². The normalized spacial score (nSPS) is 10.4. The molecule has 0 fully saturated rings. The molecule has 0 aliphatic rings. The Labute approximate surface area is 105 Å². The summed E-state index contributed by atoms with van der Waals surface area (Å²) < 4.78 is 18.8. The molecule has 0 atom stereocenters. The molecular weight excluding hydrogens is 293 g/mol.